The van der Waals surface area contributed by atoms with Crippen molar-refractivity contribution in [3.8, 4) is 0 Å². The second kappa shape index (κ2) is 5.80. The predicted octanol–water partition coefficient (Wildman–Crippen LogP) is 4.83. The highest BCUT2D eigenvalue weighted by Crippen LogP contribution is 2.50. The van der Waals surface area contributed by atoms with E-state index < -0.39 is 5.60 Å². The molecule has 104 valence electrons. The van der Waals surface area contributed by atoms with Crippen LogP contribution in [0.15, 0.2) is 24.8 Å². The monoisotopic (exact) mass is 378 g/mol. The van der Waals surface area contributed by atoms with E-state index >= 15 is 0 Å². The first kappa shape index (κ1) is 16.5. The highest BCUT2D eigenvalue weighted by molar-refractivity contribution is 9.10. The molecule has 1 rings (SSSR count). The average Bonchev–Trinajstić information content (AvgIpc) is 2.26. The lowest BCUT2D eigenvalue weighted by atomic mass is 9.64. The maximum atomic E-state index is 10.1. The van der Waals surface area contributed by atoms with Crippen molar-refractivity contribution in [2.75, 3.05) is 0 Å². The van der Waals surface area contributed by atoms with Crippen LogP contribution in [0.5, 0.6) is 0 Å². The molecule has 0 heterocycles. The molecule has 0 aromatic carbocycles. The molecule has 0 radical (unpaired) electrons. The molecule has 1 aliphatic rings. The molecule has 0 bridgehead atoms. The molecule has 1 saturated carbocycles. The summed E-state index contributed by atoms with van der Waals surface area (Å²) in [6.07, 6.45) is 4.36. The average molecular weight is 380 g/mol. The highest BCUT2D eigenvalue weighted by Gasteiger charge is 2.44. The highest BCUT2D eigenvalue weighted by atomic mass is 79.9. The number of aliphatic hydroxyl groups is 1. The summed E-state index contributed by atoms with van der Waals surface area (Å²) in [4.78, 5) is 0.840. The van der Waals surface area contributed by atoms with Gasteiger partial charge in [-0.25, -0.2) is 0 Å². The van der Waals surface area contributed by atoms with Crippen molar-refractivity contribution in [3.05, 3.63) is 24.8 Å². The van der Waals surface area contributed by atoms with Gasteiger partial charge in [-0.05, 0) is 37.5 Å². The standard InChI is InChI=1S/C15H24Br2O/c1-6-15(5,18)8-7-11-10(2)12(16)9-13(17)14(11,3)4/h6,11-13,18H,1-2,7-9H2,3-5H3/t11-,12-,13?,15?/m0/s1. The molecule has 0 aromatic rings. The molecule has 3 heteroatoms. The number of hydrogen-bond acceptors (Lipinski definition) is 1. The van der Waals surface area contributed by atoms with Crippen LogP contribution in [-0.4, -0.2) is 20.4 Å². The van der Waals surface area contributed by atoms with Gasteiger partial charge in [-0.1, -0.05) is 63.9 Å². The topological polar surface area (TPSA) is 20.2 Å². The zero-order valence-electron chi connectivity index (χ0n) is 11.5. The molecule has 1 fully saturated rings. The van der Waals surface area contributed by atoms with Gasteiger partial charge in [0.05, 0.1) is 5.60 Å². The first-order chi connectivity index (χ1) is 8.12. The second-order valence-corrected chi connectivity index (χ2v) is 8.43. The summed E-state index contributed by atoms with van der Waals surface area (Å²) in [5, 5.41) is 10.1. The smallest absolute Gasteiger partial charge is 0.0797 e. The Hall–Kier alpha value is 0.400. The fourth-order valence-corrected chi connectivity index (χ4v) is 4.53. The molecule has 1 aliphatic carbocycles. The van der Waals surface area contributed by atoms with Gasteiger partial charge in [-0.15, -0.1) is 6.58 Å². The van der Waals surface area contributed by atoms with Crippen LogP contribution in [0.2, 0.25) is 0 Å². The van der Waals surface area contributed by atoms with Crippen molar-refractivity contribution < 1.29 is 5.11 Å². The first-order valence-corrected chi connectivity index (χ1v) is 8.27. The van der Waals surface area contributed by atoms with E-state index in [-0.39, 0.29) is 5.41 Å². The van der Waals surface area contributed by atoms with E-state index in [0.717, 1.165) is 19.3 Å². The summed E-state index contributed by atoms with van der Waals surface area (Å²) in [7, 11) is 0. The van der Waals surface area contributed by atoms with Crippen molar-refractivity contribution in [1.82, 2.24) is 0 Å². The van der Waals surface area contributed by atoms with Gasteiger partial charge in [-0.3, -0.25) is 0 Å². The van der Waals surface area contributed by atoms with Crippen molar-refractivity contribution in [1.29, 1.82) is 0 Å². The molecule has 0 aliphatic heterocycles. The summed E-state index contributed by atoms with van der Waals surface area (Å²) < 4.78 is 0. The van der Waals surface area contributed by atoms with Crippen LogP contribution < -0.4 is 0 Å². The molecule has 0 spiro atoms. The van der Waals surface area contributed by atoms with E-state index in [0.29, 0.717) is 15.6 Å². The summed E-state index contributed by atoms with van der Waals surface area (Å²) >= 11 is 7.51. The van der Waals surface area contributed by atoms with Crippen LogP contribution in [0.1, 0.15) is 40.0 Å². The molecular weight excluding hydrogens is 356 g/mol. The van der Waals surface area contributed by atoms with Crippen LogP contribution in [0, 0.1) is 11.3 Å². The molecule has 4 atom stereocenters. The Bertz CT molecular complexity index is 333. The first-order valence-electron chi connectivity index (χ1n) is 6.44. The minimum absolute atomic E-state index is 0.165. The Morgan fingerprint density at radius 1 is 1.50 bits per heavy atom. The van der Waals surface area contributed by atoms with Gasteiger partial charge in [0.25, 0.3) is 0 Å². The zero-order valence-corrected chi connectivity index (χ0v) is 14.7. The molecule has 1 nitrogen and oxygen atoms in total. The lowest BCUT2D eigenvalue weighted by molar-refractivity contribution is 0.0818. The van der Waals surface area contributed by atoms with Crippen molar-refractivity contribution >= 4 is 31.9 Å². The molecular formula is C15H24Br2O. The van der Waals surface area contributed by atoms with Gasteiger partial charge in [-0.2, -0.15) is 0 Å². The minimum atomic E-state index is -0.780. The normalized spacial score (nSPS) is 35.0. The summed E-state index contributed by atoms with van der Waals surface area (Å²) in [5.74, 6) is 0.409. The third kappa shape index (κ3) is 3.49. The maximum Gasteiger partial charge on any atom is 0.0797 e. The fourth-order valence-electron chi connectivity index (χ4n) is 2.65. The van der Waals surface area contributed by atoms with Gasteiger partial charge < -0.3 is 5.11 Å². The van der Waals surface area contributed by atoms with Gasteiger partial charge >= 0.3 is 0 Å². The van der Waals surface area contributed by atoms with E-state index in [9.17, 15) is 5.11 Å². The lowest BCUT2D eigenvalue weighted by Gasteiger charge is -2.47. The molecule has 0 amide bonds. The summed E-state index contributed by atoms with van der Waals surface area (Å²) in [5.41, 5.74) is 0.645. The van der Waals surface area contributed by atoms with Crippen LogP contribution >= 0.6 is 31.9 Å². The van der Waals surface area contributed by atoms with E-state index in [2.05, 4.69) is 58.9 Å². The number of hydrogen-bond donors (Lipinski definition) is 1. The van der Waals surface area contributed by atoms with Gasteiger partial charge in [0, 0.05) is 9.65 Å². The molecule has 1 N–H and O–H groups in total. The largest absolute Gasteiger partial charge is 0.386 e. The predicted molar refractivity (Wildman–Crippen MR) is 86.5 cm³/mol. The van der Waals surface area contributed by atoms with Crippen LogP contribution in [0.3, 0.4) is 0 Å². The Morgan fingerprint density at radius 2 is 2.06 bits per heavy atom. The minimum Gasteiger partial charge on any atom is -0.386 e. The summed E-state index contributed by atoms with van der Waals surface area (Å²) in [6, 6.07) is 0. The van der Waals surface area contributed by atoms with Crippen molar-refractivity contribution in [2.45, 2.75) is 55.3 Å². The lowest BCUT2D eigenvalue weighted by Crippen LogP contribution is -2.43. The number of allylic oxidation sites excluding steroid dienone is 1. The quantitative estimate of drug-likeness (QED) is 0.547. The van der Waals surface area contributed by atoms with E-state index in [1.54, 1.807) is 6.08 Å². The van der Waals surface area contributed by atoms with E-state index in [4.69, 9.17) is 0 Å². The Kier molecular flexibility index (Phi) is 5.30. The fraction of sp³-hybridized carbons (Fsp3) is 0.733. The van der Waals surface area contributed by atoms with E-state index in [1.165, 1.54) is 5.57 Å². The zero-order chi connectivity index (χ0) is 14.1. The van der Waals surface area contributed by atoms with Crippen LogP contribution in [0.4, 0.5) is 0 Å². The van der Waals surface area contributed by atoms with Gasteiger partial charge in [0.1, 0.15) is 0 Å². The molecule has 0 aromatic heterocycles. The van der Waals surface area contributed by atoms with E-state index in [1.807, 2.05) is 6.92 Å². The van der Waals surface area contributed by atoms with Gasteiger partial charge in [0.2, 0.25) is 0 Å². The third-order valence-electron chi connectivity index (χ3n) is 4.35. The Morgan fingerprint density at radius 3 is 2.56 bits per heavy atom. The molecule has 2 unspecified atom stereocenters. The van der Waals surface area contributed by atoms with Crippen LogP contribution in [0.25, 0.3) is 0 Å². The summed E-state index contributed by atoms with van der Waals surface area (Å²) in [6.45, 7) is 14.3. The third-order valence-corrected chi connectivity index (χ3v) is 6.86. The number of halogens is 2. The Labute approximate surface area is 128 Å². The SMILES string of the molecule is C=CC(C)(O)CC[C@H]1C(=C)[C@@H](Br)CC(Br)C1(C)C. The molecule has 0 saturated heterocycles. The number of alkyl halides is 2. The molecule has 18 heavy (non-hydrogen) atoms. The van der Waals surface area contributed by atoms with Crippen molar-refractivity contribution in [3.63, 3.8) is 0 Å². The number of rotatable bonds is 4. The maximum absolute atomic E-state index is 10.1. The Balaban J connectivity index is 2.82. The van der Waals surface area contributed by atoms with Crippen LogP contribution in [-0.2, 0) is 0 Å². The van der Waals surface area contributed by atoms with Crippen molar-refractivity contribution in [2.24, 2.45) is 11.3 Å². The van der Waals surface area contributed by atoms with Gasteiger partial charge in [0.15, 0.2) is 0 Å². The second-order valence-electron chi connectivity index (χ2n) is 6.22.